The van der Waals surface area contributed by atoms with E-state index in [0.29, 0.717) is 17.0 Å². The van der Waals surface area contributed by atoms with E-state index in [1.54, 1.807) is 30.3 Å². The maximum absolute atomic E-state index is 12.3. The van der Waals surface area contributed by atoms with Gasteiger partial charge in [-0.05, 0) is 65.7 Å². The summed E-state index contributed by atoms with van der Waals surface area (Å²) in [6.45, 7) is 2.28. The minimum atomic E-state index is -1.21. The summed E-state index contributed by atoms with van der Waals surface area (Å²) in [6.07, 6.45) is 0. The van der Waals surface area contributed by atoms with Crippen molar-refractivity contribution in [3.8, 4) is 28.4 Å². The molecule has 0 spiro atoms. The summed E-state index contributed by atoms with van der Waals surface area (Å²) >= 11 is 0. The van der Waals surface area contributed by atoms with Crippen molar-refractivity contribution >= 4 is 28.9 Å². The molecule has 0 amide bonds. The number of carbonyl (C=O) groups excluding carboxylic acids is 1. The Bertz CT molecular complexity index is 1300. The molecule has 0 aliphatic rings. The molecule has 0 unspecified atom stereocenters. The van der Waals surface area contributed by atoms with Crippen molar-refractivity contribution in [2.24, 2.45) is 0 Å². The van der Waals surface area contributed by atoms with Gasteiger partial charge >= 0.3 is 5.97 Å². The second-order valence-electron chi connectivity index (χ2n) is 7.07. The number of carbonyl (C=O) groups is 2. The third-order valence-corrected chi connectivity index (χ3v) is 4.91. The van der Waals surface area contributed by atoms with Crippen LogP contribution in [0.15, 0.2) is 72.8 Å². The highest BCUT2D eigenvalue weighted by Crippen LogP contribution is 2.41. The molecule has 0 aromatic heterocycles. The SMILES string of the molecule is Cc1ccc2cc(-c3c(OC=O)ccc(Oc4ccc(N)cc4)c3C(=O)O)ccc2c1. The van der Waals surface area contributed by atoms with Gasteiger partial charge in [0, 0.05) is 11.3 Å². The van der Waals surface area contributed by atoms with Gasteiger partial charge in [-0.15, -0.1) is 0 Å². The van der Waals surface area contributed by atoms with Gasteiger partial charge in [0.05, 0.1) is 0 Å². The summed E-state index contributed by atoms with van der Waals surface area (Å²) in [7, 11) is 0. The van der Waals surface area contributed by atoms with Crippen LogP contribution < -0.4 is 15.2 Å². The molecule has 154 valence electrons. The van der Waals surface area contributed by atoms with Crippen molar-refractivity contribution in [3.05, 3.63) is 83.9 Å². The molecule has 6 nitrogen and oxygen atoms in total. The maximum Gasteiger partial charge on any atom is 0.340 e. The van der Waals surface area contributed by atoms with E-state index in [1.165, 1.54) is 12.1 Å². The summed E-state index contributed by atoms with van der Waals surface area (Å²) in [5.74, 6) is -0.528. The van der Waals surface area contributed by atoms with Gasteiger partial charge in [0.25, 0.3) is 6.47 Å². The van der Waals surface area contributed by atoms with Crippen LogP contribution in [-0.4, -0.2) is 17.5 Å². The van der Waals surface area contributed by atoms with Gasteiger partial charge < -0.3 is 20.3 Å². The first kappa shape index (κ1) is 20.0. The highest BCUT2D eigenvalue weighted by atomic mass is 16.5. The highest BCUT2D eigenvalue weighted by molar-refractivity contribution is 6.02. The number of hydrogen-bond acceptors (Lipinski definition) is 5. The molecule has 0 atom stereocenters. The fraction of sp³-hybridized carbons (Fsp3) is 0.0400. The predicted molar refractivity (Wildman–Crippen MR) is 119 cm³/mol. The van der Waals surface area contributed by atoms with Crippen LogP contribution in [0.25, 0.3) is 21.9 Å². The molecular weight excluding hydrogens is 394 g/mol. The number of benzene rings is 4. The fourth-order valence-electron chi connectivity index (χ4n) is 3.48. The molecule has 4 aromatic carbocycles. The molecule has 0 aliphatic carbocycles. The number of ether oxygens (including phenoxy) is 2. The lowest BCUT2D eigenvalue weighted by atomic mass is 9.95. The second kappa shape index (κ2) is 8.20. The van der Waals surface area contributed by atoms with Gasteiger partial charge in [-0.25, -0.2) is 4.79 Å². The minimum absolute atomic E-state index is 0.109. The number of aromatic carboxylic acids is 1. The van der Waals surface area contributed by atoms with Crippen molar-refractivity contribution in [2.75, 3.05) is 5.73 Å². The number of aryl methyl sites for hydroxylation is 1. The zero-order valence-corrected chi connectivity index (χ0v) is 16.7. The average Bonchev–Trinajstić information content (AvgIpc) is 2.75. The van der Waals surface area contributed by atoms with Crippen molar-refractivity contribution in [1.82, 2.24) is 0 Å². The van der Waals surface area contributed by atoms with Crippen LogP contribution in [0.3, 0.4) is 0 Å². The molecule has 0 saturated carbocycles. The number of carboxylic acids is 1. The first-order chi connectivity index (χ1) is 15.0. The molecule has 4 rings (SSSR count). The smallest absolute Gasteiger partial charge is 0.340 e. The monoisotopic (exact) mass is 413 g/mol. The predicted octanol–water partition coefficient (Wildman–Crippen LogP) is 5.42. The van der Waals surface area contributed by atoms with Gasteiger partial charge in [0.1, 0.15) is 22.8 Å². The quantitative estimate of drug-likeness (QED) is 0.323. The number of carboxylic acid groups (broad SMARTS) is 1. The van der Waals surface area contributed by atoms with Crippen molar-refractivity contribution in [2.45, 2.75) is 6.92 Å². The van der Waals surface area contributed by atoms with Crippen molar-refractivity contribution in [1.29, 1.82) is 0 Å². The van der Waals surface area contributed by atoms with Gasteiger partial charge in [0.15, 0.2) is 0 Å². The van der Waals surface area contributed by atoms with Crippen LogP contribution in [0.2, 0.25) is 0 Å². The van der Waals surface area contributed by atoms with Gasteiger partial charge in [-0.1, -0.05) is 35.9 Å². The number of anilines is 1. The van der Waals surface area contributed by atoms with Crippen LogP contribution in [-0.2, 0) is 4.79 Å². The van der Waals surface area contributed by atoms with E-state index >= 15 is 0 Å². The molecule has 4 aromatic rings. The molecule has 0 aliphatic heterocycles. The number of nitrogens with two attached hydrogens (primary N) is 1. The standard InChI is InChI=1S/C25H19NO5/c1-15-2-3-17-13-18(5-4-16(17)12-15)23-21(30-14-27)10-11-22(24(23)25(28)29)31-20-8-6-19(26)7-9-20/h2-14H,26H2,1H3,(H,28,29). The van der Waals surface area contributed by atoms with Crippen LogP contribution in [0.5, 0.6) is 17.2 Å². The van der Waals surface area contributed by atoms with E-state index in [9.17, 15) is 14.7 Å². The highest BCUT2D eigenvalue weighted by Gasteiger charge is 2.23. The lowest BCUT2D eigenvalue weighted by Gasteiger charge is -2.16. The second-order valence-corrected chi connectivity index (χ2v) is 7.07. The summed E-state index contributed by atoms with van der Waals surface area (Å²) in [4.78, 5) is 23.4. The molecule has 31 heavy (non-hydrogen) atoms. The van der Waals surface area contributed by atoms with E-state index in [-0.39, 0.29) is 29.1 Å². The summed E-state index contributed by atoms with van der Waals surface area (Å²) in [6, 6.07) is 21.1. The van der Waals surface area contributed by atoms with Gasteiger partial charge in [-0.3, -0.25) is 4.79 Å². The Morgan fingerprint density at radius 3 is 2.29 bits per heavy atom. The first-order valence-electron chi connectivity index (χ1n) is 9.51. The number of hydrogen-bond donors (Lipinski definition) is 2. The van der Waals surface area contributed by atoms with Gasteiger partial charge in [0.2, 0.25) is 0 Å². The molecule has 3 N–H and O–H groups in total. The summed E-state index contributed by atoms with van der Waals surface area (Å²) in [5.41, 5.74) is 8.13. The average molecular weight is 413 g/mol. The Hall–Kier alpha value is -4.32. The van der Waals surface area contributed by atoms with Crippen molar-refractivity contribution in [3.63, 3.8) is 0 Å². The number of nitrogen functional groups attached to an aromatic ring is 1. The Labute approximate surface area is 178 Å². The van der Waals surface area contributed by atoms with Crippen LogP contribution >= 0.6 is 0 Å². The third kappa shape index (κ3) is 4.04. The molecule has 0 fully saturated rings. The lowest BCUT2D eigenvalue weighted by Crippen LogP contribution is -2.05. The zero-order valence-electron chi connectivity index (χ0n) is 16.7. The Kier molecular flexibility index (Phi) is 5.28. The Morgan fingerprint density at radius 2 is 1.58 bits per heavy atom. The van der Waals surface area contributed by atoms with E-state index in [2.05, 4.69) is 0 Å². The Balaban J connectivity index is 1.91. The minimum Gasteiger partial charge on any atom is -0.478 e. The molecule has 0 radical (unpaired) electrons. The third-order valence-electron chi connectivity index (χ3n) is 4.91. The fourth-order valence-corrected chi connectivity index (χ4v) is 3.48. The first-order valence-corrected chi connectivity index (χ1v) is 9.51. The molecule has 6 heteroatoms. The number of fused-ring (bicyclic) bond motifs is 1. The lowest BCUT2D eigenvalue weighted by molar-refractivity contribution is -0.120. The molecular formula is C25H19NO5. The van der Waals surface area contributed by atoms with Crippen molar-refractivity contribution < 1.29 is 24.2 Å². The van der Waals surface area contributed by atoms with E-state index in [4.69, 9.17) is 15.2 Å². The molecule has 0 saturated heterocycles. The zero-order chi connectivity index (χ0) is 22.0. The Morgan fingerprint density at radius 1 is 0.903 bits per heavy atom. The van der Waals surface area contributed by atoms with Crippen LogP contribution in [0.4, 0.5) is 5.69 Å². The summed E-state index contributed by atoms with van der Waals surface area (Å²) < 4.78 is 11.0. The van der Waals surface area contributed by atoms with Gasteiger partial charge in [-0.2, -0.15) is 0 Å². The molecule has 0 heterocycles. The van der Waals surface area contributed by atoms with Crippen LogP contribution in [0, 0.1) is 6.92 Å². The van der Waals surface area contributed by atoms with Crippen LogP contribution in [0.1, 0.15) is 15.9 Å². The topological polar surface area (TPSA) is 98.9 Å². The normalized spacial score (nSPS) is 10.6. The maximum atomic E-state index is 12.3. The van der Waals surface area contributed by atoms with E-state index < -0.39 is 5.97 Å². The summed E-state index contributed by atoms with van der Waals surface area (Å²) in [5, 5.41) is 12.0. The molecule has 0 bridgehead atoms. The van der Waals surface area contributed by atoms with E-state index in [1.807, 2.05) is 37.3 Å². The number of rotatable bonds is 6. The van der Waals surface area contributed by atoms with E-state index in [0.717, 1.165) is 16.3 Å². The largest absolute Gasteiger partial charge is 0.478 e.